The van der Waals surface area contributed by atoms with E-state index in [0.29, 0.717) is 15.6 Å². The molecule has 3 rings (SSSR count). The molecule has 4 nitrogen and oxygen atoms in total. The molecule has 0 saturated heterocycles. The Morgan fingerprint density at radius 1 is 1.25 bits per heavy atom. The molecule has 3 N–H and O–H groups in total. The third kappa shape index (κ3) is 2.74. The normalized spacial score (nSPS) is 30.4. The number of aryl methyl sites for hydroxylation is 1. The Morgan fingerprint density at radius 3 is 2.46 bits per heavy atom. The molecule has 1 fully saturated rings. The van der Waals surface area contributed by atoms with E-state index in [-0.39, 0.29) is 11.9 Å². The van der Waals surface area contributed by atoms with Gasteiger partial charge in [-0.15, -0.1) is 0 Å². The fourth-order valence-electron chi connectivity index (χ4n) is 4.07. The molecule has 6 heteroatoms. The number of rotatable bonds is 2. The lowest BCUT2D eigenvalue weighted by atomic mass is 9.79. The first-order valence-corrected chi connectivity index (χ1v) is 8.94. The Kier molecular flexibility index (Phi) is 4.89. The van der Waals surface area contributed by atoms with E-state index in [1.807, 2.05) is 13.8 Å². The van der Waals surface area contributed by atoms with Crippen LogP contribution in [0.1, 0.15) is 42.4 Å². The summed E-state index contributed by atoms with van der Waals surface area (Å²) >= 11 is 12.4. The van der Waals surface area contributed by atoms with E-state index < -0.39 is 11.8 Å². The molecule has 1 atom stereocenters. The Bertz CT molecular complexity index is 694. The van der Waals surface area contributed by atoms with E-state index in [1.165, 1.54) is 0 Å². The summed E-state index contributed by atoms with van der Waals surface area (Å²) < 4.78 is 5.41. The zero-order valence-corrected chi connectivity index (χ0v) is 15.6. The van der Waals surface area contributed by atoms with E-state index >= 15 is 0 Å². The number of halogens is 2. The molecule has 1 aromatic rings. The van der Waals surface area contributed by atoms with Crippen molar-refractivity contribution in [3.63, 3.8) is 0 Å². The number of nitrogens with one attached hydrogen (secondary N) is 1. The molecule has 0 aromatic heterocycles. The minimum Gasteiger partial charge on any atom is -0.510 e. The second kappa shape index (κ2) is 6.50. The van der Waals surface area contributed by atoms with E-state index in [0.717, 1.165) is 42.4 Å². The lowest BCUT2D eigenvalue weighted by Gasteiger charge is -2.37. The SMILES string of the molecule is COC1CCC2(CC1)NC(O)C(c1c(C)cc(Cl)c(Cl)c1C)=C2O. The molecular weight excluding hydrogens is 349 g/mol. The summed E-state index contributed by atoms with van der Waals surface area (Å²) in [5.74, 6) is 0.217. The molecule has 1 heterocycles. The van der Waals surface area contributed by atoms with Crippen LogP contribution in [0.4, 0.5) is 0 Å². The van der Waals surface area contributed by atoms with Crippen molar-refractivity contribution >= 4 is 28.8 Å². The highest BCUT2D eigenvalue weighted by Crippen LogP contribution is 2.45. The standard InChI is InChI=1S/C18H23Cl2NO3/c1-9-8-12(19)15(20)10(2)13(9)14-16(22)18(21-17(14)23)6-4-11(24-3)5-7-18/h8,11,17,21-23H,4-7H2,1-3H3. The first-order chi connectivity index (χ1) is 11.3. The highest BCUT2D eigenvalue weighted by Gasteiger charge is 2.48. The highest BCUT2D eigenvalue weighted by molar-refractivity contribution is 6.42. The lowest BCUT2D eigenvalue weighted by molar-refractivity contribution is 0.0341. The van der Waals surface area contributed by atoms with E-state index in [2.05, 4.69) is 5.32 Å². The quantitative estimate of drug-likeness (QED) is 0.731. The van der Waals surface area contributed by atoms with Crippen molar-refractivity contribution in [2.45, 2.75) is 57.4 Å². The molecule has 1 spiro atoms. The molecule has 0 bridgehead atoms. The minimum atomic E-state index is -0.932. The zero-order chi connectivity index (χ0) is 17.6. The largest absolute Gasteiger partial charge is 0.510 e. The Morgan fingerprint density at radius 2 is 1.88 bits per heavy atom. The van der Waals surface area contributed by atoms with Gasteiger partial charge in [0.25, 0.3) is 0 Å². The molecule has 2 aliphatic rings. The van der Waals surface area contributed by atoms with Gasteiger partial charge < -0.3 is 14.9 Å². The number of benzene rings is 1. The average molecular weight is 372 g/mol. The van der Waals surface area contributed by atoms with Crippen molar-refractivity contribution in [1.29, 1.82) is 0 Å². The summed E-state index contributed by atoms with van der Waals surface area (Å²) in [7, 11) is 1.71. The van der Waals surface area contributed by atoms with Crippen LogP contribution in [0.5, 0.6) is 0 Å². The third-order valence-electron chi connectivity index (χ3n) is 5.44. The molecule has 1 aliphatic heterocycles. The van der Waals surface area contributed by atoms with Crippen LogP contribution in [0.25, 0.3) is 5.57 Å². The monoisotopic (exact) mass is 371 g/mol. The van der Waals surface area contributed by atoms with E-state index in [4.69, 9.17) is 27.9 Å². The summed E-state index contributed by atoms with van der Waals surface area (Å²) in [4.78, 5) is 0. The number of ether oxygens (including phenoxy) is 1. The van der Waals surface area contributed by atoms with Crippen molar-refractivity contribution < 1.29 is 14.9 Å². The summed E-state index contributed by atoms with van der Waals surface area (Å²) in [6, 6.07) is 1.77. The number of aliphatic hydroxyl groups excluding tert-OH is 2. The van der Waals surface area contributed by atoms with Gasteiger partial charge >= 0.3 is 0 Å². The van der Waals surface area contributed by atoms with Gasteiger partial charge in [0.2, 0.25) is 0 Å². The molecular formula is C18H23Cl2NO3. The lowest BCUT2D eigenvalue weighted by Crippen LogP contribution is -2.49. The number of methoxy groups -OCH3 is 1. The molecule has 24 heavy (non-hydrogen) atoms. The predicted octanol–water partition coefficient (Wildman–Crippen LogP) is 4.13. The van der Waals surface area contributed by atoms with Gasteiger partial charge in [-0.25, -0.2) is 0 Å². The zero-order valence-electron chi connectivity index (χ0n) is 14.1. The smallest absolute Gasteiger partial charge is 0.135 e. The van der Waals surface area contributed by atoms with Gasteiger partial charge in [-0.2, -0.15) is 0 Å². The number of aliphatic hydroxyl groups is 2. The molecule has 1 aromatic carbocycles. The minimum absolute atomic E-state index is 0.208. The first-order valence-electron chi connectivity index (χ1n) is 8.18. The van der Waals surface area contributed by atoms with Crippen molar-refractivity contribution in [2.24, 2.45) is 0 Å². The third-order valence-corrected chi connectivity index (χ3v) is 6.32. The molecule has 0 radical (unpaired) electrons. The fourth-order valence-corrected chi connectivity index (χ4v) is 4.52. The molecule has 1 unspecified atom stereocenters. The number of hydrogen-bond acceptors (Lipinski definition) is 4. The fraction of sp³-hybridized carbons (Fsp3) is 0.556. The van der Waals surface area contributed by atoms with E-state index in [1.54, 1.807) is 13.2 Å². The van der Waals surface area contributed by atoms with Gasteiger partial charge in [0.15, 0.2) is 0 Å². The summed E-state index contributed by atoms with van der Waals surface area (Å²) in [6.45, 7) is 3.76. The predicted molar refractivity (Wildman–Crippen MR) is 96.6 cm³/mol. The van der Waals surface area contributed by atoms with Gasteiger partial charge in [-0.05, 0) is 62.3 Å². The van der Waals surface area contributed by atoms with Gasteiger partial charge in [0.1, 0.15) is 12.0 Å². The maximum Gasteiger partial charge on any atom is 0.135 e. The van der Waals surface area contributed by atoms with Crippen LogP contribution in [0.15, 0.2) is 11.8 Å². The average Bonchev–Trinajstić information content (AvgIpc) is 2.78. The van der Waals surface area contributed by atoms with Crippen molar-refractivity contribution in [2.75, 3.05) is 7.11 Å². The van der Waals surface area contributed by atoms with Gasteiger partial charge in [0.05, 0.1) is 21.7 Å². The summed E-state index contributed by atoms with van der Waals surface area (Å²) in [5, 5.41) is 25.8. The van der Waals surface area contributed by atoms with Crippen LogP contribution in [0.3, 0.4) is 0 Å². The second-order valence-electron chi connectivity index (χ2n) is 6.82. The van der Waals surface area contributed by atoms with Crippen LogP contribution in [0.2, 0.25) is 10.0 Å². The van der Waals surface area contributed by atoms with Crippen LogP contribution < -0.4 is 5.32 Å². The summed E-state index contributed by atoms with van der Waals surface area (Å²) in [5.41, 5.74) is 2.35. The molecule has 132 valence electrons. The Balaban J connectivity index is 2.07. The topological polar surface area (TPSA) is 61.7 Å². The Hall–Kier alpha value is -0.780. The van der Waals surface area contributed by atoms with Crippen molar-refractivity contribution in [3.8, 4) is 0 Å². The van der Waals surface area contributed by atoms with E-state index in [9.17, 15) is 10.2 Å². The van der Waals surface area contributed by atoms with Crippen LogP contribution >= 0.6 is 23.2 Å². The van der Waals surface area contributed by atoms with Gasteiger partial charge in [-0.3, -0.25) is 5.32 Å². The van der Waals surface area contributed by atoms with Crippen LogP contribution in [-0.2, 0) is 4.74 Å². The maximum atomic E-state index is 11.0. The maximum absolute atomic E-state index is 11.0. The molecule has 1 aliphatic carbocycles. The van der Waals surface area contributed by atoms with Gasteiger partial charge in [0, 0.05) is 12.7 Å². The Labute approximate surface area is 152 Å². The van der Waals surface area contributed by atoms with Crippen molar-refractivity contribution in [3.05, 3.63) is 38.6 Å². The molecule has 1 saturated carbocycles. The number of hydrogen-bond donors (Lipinski definition) is 3. The van der Waals surface area contributed by atoms with Crippen LogP contribution in [0, 0.1) is 13.8 Å². The van der Waals surface area contributed by atoms with Gasteiger partial charge in [-0.1, -0.05) is 23.2 Å². The second-order valence-corrected chi connectivity index (χ2v) is 7.60. The summed E-state index contributed by atoms with van der Waals surface area (Å²) in [6.07, 6.45) is 2.40. The first kappa shape index (κ1) is 18.0. The molecule has 0 amide bonds. The highest BCUT2D eigenvalue weighted by atomic mass is 35.5. The van der Waals surface area contributed by atoms with Crippen molar-refractivity contribution in [1.82, 2.24) is 5.32 Å². The van der Waals surface area contributed by atoms with Crippen LogP contribution in [-0.4, -0.2) is 35.2 Å².